The van der Waals surface area contributed by atoms with Gasteiger partial charge in [0.1, 0.15) is 11.0 Å². The first kappa shape index (κ1) is 8.44. The van der Waals surface area contributed by atoms with Crippen LogP contribution in [0.1, 0.15) is 0 Å². The quantitative estimate of drug-likeness (QED) is 0.757. The van der Waals surface area contributed by atoms with E-state index in [2.05, 4.69) is 20.6 Å². The highest BCUT2D eigenvalue weighted by atomic mass is 35.5. The van der Waals surface area contributed by atoms with Crippen molar-refractivity contribution in [3.8, 4) is 0 Å². The fourth-order valence-electron chi connectivity index (χ4n) is 2.19. The van der Waals surface area contributed by atoms with Crippen molar-refractivity contribution in [3.63, 3.8) is 0 Å². The van der Waals surface area contributed by atoms with Gasteiger partial charge >= 0.3 is 0 Å². The van der Waals surface area contributed by atoms with E-state index in [1.165, 1.54) is 0 Å². The van der Waals surface area contributed by atoms with Crippen LogP contribution in [0.25, 0.3) is 0 Å². The summed E-state index contributed by atoms with van der Waals surface area (Å²) in [6.45, 7) is 2.26. The summed E-state index contributed by atoms with van der Waals surface area (Å²) in [5.41, 5.74) is 0. The summed E-state index contributed by atoms with van der Waals surface area (Å²) in [5, 5.41) is 7.16. The van der Waals surface area contributed by atoms with E-state index in [1.807, 2.05) is 0 Å². The maximum atomic E-state index is 5.65. The maximum Gasteiger partial charge on any atom is 0.147 e. The Balaban J connectivity index is 1.65. The Morgan fingerprint density at radius 3 is 2.71 bits per heavy atom. The van der Waals surface area contributed by atoms with Crippen molar-refractivity contribution >= 4 is 17.4 Å². The number of aromatic nitrogens is 2. The van der Waals surface area contributed by atoms with Gasteiger partial charge in [-0.2, -0.15) is 0 Å². The molecular formula is C9H11ClN4. The molecule has 0 amide bonds. The van der Waals surface area contributed by atoms with Crippen molar-refractivity contribution in [2.24, 2.45) is 11.8 Å². The number of piperidine rings is 1. The van der Waals surface area contributed by atoms with Crippen LogP contribution in [0, 0.1) is 11.8 Å². The van der Waals surface area contributed by atoms with Gasteiger partial charge in [-0.3, -0.25) is 0 Å². The molecule has 74 valence electrons. The minimum atomic E-state index is 0.438. The molecule has 1 aromatic rings. The molecule has 0 bridgehead atoms. The molecule has 2 fully saturated rings. The maximum absolute atomic E-state index is 5.65. The first-order valence-electron chi connectivity index (χ1n) is 4.79. The fourth-order valence-corrected chi connectivity index (χ4v) is 2.29. The predicted molar refractivity (Wildman–Crippen MR) is 54.3 cm³/mol. The highest BCUT2D eigenvalue weighted by molar-refractivity contribution is 6.29. The minimum absolute atomic E-state index is 0.438. The number of hydrogen-bond acceptors (Lipinski definition) is 4. The van der Waals surface area contributed by atoms with E-state index in [0.29, 0.717) is 11.2 Å². The zero-order chi connectivity index (χ0) is 9.54. The Labute approximate surface area is 87.1 Å². The summed E-state index contributed by atoms with van der Waals surface area (Å²) in [5.74, 6) is 2.40. The number of anilines is 1. The summed E-state index contributed by atoms with van der Waals surface area (Å²) in [7, 11) is 0. The van der Waals surface area contributed by atoms with Crippen LogP contribution in [0.2, 0.25) is 5.15 Å². The van der Waals surface area contributed by atoms with Crippen molar-refractivity contribution in [3.05, 3.63) is 17.5 Å². The third kappa shape index (κ3) is 1.35. The second-order valence-electron chi connectivity index (χ2n) is 3.88. The van der Waals surface area contributed by atoms with Gasteiger partial charge in [0.05, 0.1) is 12.4 Å². The first-order chi connectivity index (χ1) is 6.84. The van der Waals surface area contributed by atoms with Gasteiger partial charge in [-0.25, -0.2) is 9.97 Å². The van der Waals surface area contributed by atoms with Crippen LogP contribution in [0.3, 0.4) is 0 Å². The summed E-state index contributed by atoms with van der Waals surface area (Å²) < 4.78 is 0. The molecule has 1 aromatic heterocycles. The van der Waals surface area contributed by atoms with E-state index in [0.717, 1.165) is 30.7 Å². The van der Waals surface area contributed by atoms with Gasteiger partial charge in [0, 0.05) is 19.1 Å². The zero-order valence-electron chi connectivity index (χ0n) is 7.57. The molecule has 2 N–H and O–H groups in total. The van der Waals surface area contributed by atoms with Crippen LogP contribution < -0.4 is 10.6 Å². The summed E-state index contributed by atoms with van der Waals surface area (Å²) >= 11 is 5.65. The van der Waals surface area contributed by atoms with Gasteiger partial charge in [-0.1, -0.05) is 11.6 Å². The van der Waals surface area contributed by atoms with Crippen molar-refractivity contribution in [2.45, 2.75) is 6.04 Å². The Kier molecular flexibility index (Phi) is 1.85. The van der Waals surface area contributed by atoms with Gasteiger partial charge < -0.3 is 10.6 Å². The van der Waals surface area contributed by atoms with E-state index in [-0.39, 0.29) is 0 Å². The van der Waals surface area contributed by atoms with Gasteiger partial charge in [-0.05, 0) is 11.8 Å². The molecule has 1 aliphatic carbocycles. The lowest BCUT2D eigenvalue weighted by Gasteiger charge is -2.07. The van der Waals surface area contributed by atoms with Crippen molar-refractivity contribution in [1.82, 2.24) is 15.3 Å². The average Bonchev–Trinajstić information content (AvgIpc) is 2.63. The second kappa shape index (κ2) is 3.07. The van der Waals surface area contributed by atoms with Gasteiger partial charge in [0.25, 0.3) is 0 Å². The van der Waals surface area contributed by atoms with Crippen LogP contribution in [0.5, 0.6) is 0 Å². The van der Waals surface area contributed by atoms with Gasteiger partial charge in [0.2, 0.25) is 0 Å². The third-order valence-electron chi connectivity index (χ3n) is 3.03. The van der Waals surface area contributed by atoms with Gasteiger partial charge in [0.15, 0.2) is 0 Å². The van der Waals surface area contributed by atoms with Crippen LogP contribution in [-0.4, -0.2) is 29.1 Å². The average molecular weight is 211 g/mol. The number of nitrogens with zero attached hydrogens (tertiary/aromatic N) is 2. The van der Waals surface area contributed by atoms with Crippen LogP contribution in [-0.2, 0) is 0 Å². The van der Waals surface area contributed by atoms with Crippen LogP contribution in [0.15, 0.2) is 12.4 Å². The molecule has 2 atom stereocenters. The molecule has 5 heteroatoms. The number of halogens is 1. The first-order valence-corrected chi connectivity index (χ1v) is 5.17. The molecule has 2 heterocycles. The predicted octanol–water partition coefficient (Wildman–Crippen LogP) is 0.760. The van der Waals surface area contributed by atoms with E-state index >= 15 is 0 Å². The smallest absolute Gasteiger partial charge is 0.147 e. The zero-order valence-corrected chi connectivity index (χ0v) is 8.33. The molecule has 2 aliphatic rings. The van der Waals surface area contributed by atoms with Crippen molar-refractivity contribution < 1.29 is 0 Å². The van der Waals surface area contributed by atoms with E-state index in [9.17, 15) is 0 Å². The lowest BCUT2D eigenvalue weighted by molar-refractivity contribution is 0.695. The van der Waals surface area contributed by atoms with E-state index < -0.39 is 0 Å². The topological polar surface area (TPSA) is 49.8 Å². The molecule has 3 rings (SSSR count). The summed E-state index contributed by atoms with van der Waals surface area (Å²) in [4.78, 5) is 8.14. The fraction of sp³-hybridized carbons (Fsp3) is 0.556. The highest BCUT2D eigenvalue weighted by Gasteiger charge is 2.53. The van der Waals surface area contributed by atoms with Crippen LogP contribution in [0.4, 0.5) is 5.82 Å². The minimum Gasteiger partial charge on any atom is -0.365 e. The molecule has 0 aromatic carbocycles. The molecule has 0 spiro atoms. The normalized spacial score (nSPS) is 33.9. The SMILES string of the molecule is Clc1cnc(NC2C3CNCC32)cn1. The van der Waals surface area contributed by atoms with Crippen molar-refractivity contribution in [1.29, 1.82) is 0 Å². The molecule has 14 heavy (non-hydrogen) atoms. The van der Waals surface area contributed by atoms with E-state index in [1.54, 1.807) is 12.4 Å². The number of nitrogens with one attached hydrogen (secondary N) is 2. The summed E-state index contributed by atoms with van der Waals surface area (Å²) in [6.07, 6.45) is 3.25. The Morgan fingerprint density at radius 1 is 1.29 bits per heavy atom. The Bertz CT molecular complexity index is 329. The summed E-state index contributed by atoms with van der Waals surface area (Å²) in [6, 6.07) is 0.590. The number of hydrogen-bond donors (Lipinski definition) is 2. The Hall–Kier alpha value is -0.870. The standard InChI is InChI=1S/C9H11ClN4/c10-7-3-13-8(4-12-7)14-9-5-1-11-2-6(5)9/h3-6,9,11H,1-2H2,(H,13,14). The number of rotatable bonds is 2. The van der Waals surface area contributed by atoms with Gasteiger partial charge in [-0.15, -0.1) is 0 Å². The molecular weight excluding hydrogens is 200 g/mol. The van der Waals surface area contributed by atoms with E-state index in [4.69, 9.17) is 11.6 Å². The number of fused-ring (bicyclic) bond motifs is 1. The van der Waals surface area contributed by atoms with Crippen molar-refractivity contribution in [2.75, 3.05) is 18.4 Å². The molecule has 1 saturated carbocycles. The Morgan fingerprint density at radius 2 is 2.07 bits per heavy atom. The molecule has 1 saturated heterocycles. The highest BCUT2D eigenvalue weighted by Crippen LogP contribution is 2.43. The second-order valence-corrected chi connectivity index (χ2v) is 4.27. The monoisotopic (exact) mass is 210 g/mol. The molecule has 2 unspecified atom stereocenters. The lowest BCUT2D eigenvalue weighted by Crippen LogP contribution is -2.21. The van der Waals surface area contributed by atoms with Crippen LogP contribution >= 0.6 is 11.6 Å². The largest absolute Gasteiger partial charge is 0.365 e. The molecule has 1 aliphatic heterocycles. The molecule has 0 radical (unpaired) electrons. The molecule has 4 nitrogen and oxygen atoms in total. The third-order valence-corrected chi connectivity index (χ3v) is 3.22. The lowest BCUT2D eigenvalue weighted by atomic mass is 10.4.